The molecule has 0 atom stereocenters. The molecule has 0 aliphatic heterocycles. The molecule has 4 N–H and O–H groups in total. The van der Waals surface area contributed by atoms with Gasteiger partial charge in [-0.2, -0.15) is 0 Å². The Bertz CT molecular complexity index is 949. The summed E-state index contributed by atoms with van der Waals surface area (Å²) in [6.07, 6.45) is 0.737. The molecule has 1 rings (SSSR count). The fourth-order valence-corrected chi connectivity index (χ4v) is 3.16. The largest absolute Gasteiger partial charge is 0.481 e. The van der Waals surface area contributed by atoms with Gasteiger partial charge in [0, 0.05) is 12.7 Å². The van der Waals surface area contributed by atoms with Crippen molar-refractivity contribution in [2.45, 2.75) is 32.8 Å². The number of amides is 2. The molecule has 0 aromatic carbocycles. The number of rotatable bonds is 30. The smallest absolute Gasteiger partial charge is 0.426 e. The van der Waals surface area contributed by atoms with E-state index in [1.54, 1.807) is 32.9 Å². The Morgan fingerprint density at radius 1 is 0.660 bits per heavy atom. The van der Waals surface area contributed by atoms with Crippen LogP contribution in [0, 0.1) is 0 Å². The van der Waals surface area contributed by atoms with Gasteiger partial charge in [-0.1, -0.05) is 0 Å². The Balaban J connectivity index is 1.80. The first-order valence-corrected chi connectivity index (χ1v) is 15.5. The predicted molar refractivity (Wildman–Crippen MR) is 168 cm³/mol. The van der Waals surface area contributed by atoms with Crippen molar-refractivity contribution in [1.82, 2.24) is 15.7 Å². The van der Waals surface area contributed by atoms with Gasteiger partial charge in [-0.25, -0.2) is 15.2 Å². The van der Waals surface area contributed by atoms with Gasteiger partial charge in [0.1, 0.15) is 11.4 Å². The van der Waals surface area contributed by atoms with Crippen molar-refractivity contribution in [3.8, 4) is 0 Å². The number of carboxylic acid groups (broad SMARTS) is 1. The molecule has 0 radical (unpaired) electrons. The van der Waals surface area contributed by atoms with Crippen LogP contribution in [0.5, 0.6) is 0 Å². The first-order valence-electron chi connectivity index (χ1n) is 15.5. The molecule has 0 unspecified atom stereocenters. The topological polar surface area (TPSA) is 203 Å². The highest BCUT2D eigenvalue weighted by atomic mass is 16.6. The molecule has 0 fully saturated rings. The Morgan fingerprint density at radius 2 is 1.09 bits per heavy atom. The van der Waals surface area contributed by atoms with Crippen LogP contribution >= 0.6 is 0 Å². The first-order chi connectivity index (χ1) is 22.7. The number of aromatic nitrogens is 1. The molecule has 0 saturated heterocycles. The fraction of sp³-hybridized carbons (Fsp3) is 0.733. The number of pyridine rings is 1. The third-order valence-corrected chi connectivity index (χ3v) is 5.31. The average molecular weight is 677 g/mol. The van der Waals surface area contributed by atoms with E-state index in [4.69, 9.17) is 47.7 Å². The van der Waals surface area contributed by atoms with Gasteiger partial charge in [-0.05, 0) is 32.9 Å². The lowest BCUT2D eigenvalue weighted by Crippen LogP contribution is -2.36. The van der Waals surface area contributed by atoms with E-state index in [0.29, 0.717) is 117 Å². The van der Waals surface area contributed by atoms with E-state index >= 15 is 0 Å². The first kappa shape index (κ1) is 41.9. The number of aliphatic carboxylic acids is 1. The number of nitrogens with zero attached hydrogens (tertiary/aromatic N) is 1. The van der Waals surface area contributed by atoms with Gasteiger partial charge in [0.05, 0.1) is 118 Å². The van der Waals surface area contributed by atoms with Gasteiger partial charge in [0.2, 0.25) is 0 Å². The molecule has 17 heteroatoms. The number of carboxylic acids is 1. The highest BCUT2D eigenvalue weighted by molar-refractivity contribution is 5.94. The lowest BCUT2D eigenvalue weighted by molar-refractivity contribution is -0.138. The van der Waals surface area contributed by atoms with Crippen LogP contribution in [0.3, 0.4) is 0 Å². The number of carbonyl (C=O) groups excluding carboxylic acids is 2. The molecule has 1 heterocycles. The molecule has 0 spiro atoms. The minimum Gasteiger partial charge on any atom is -0.481 e. The third kappa shape index (κ3) is 27.6. The Labute approximate surface area is 276 Å². The average Bonchev–Trinajstić information content (AvgIpc) is 3.02. The van der Waals surface area contributed by atoms with Gasteiger partial charge in [0.25, 0.3) is 5.91 Å². The molecule has 1 aromatic heterocycles. The van der Waals surface area contributed by atoms with E-state index in [1.165, 1.54) is 6.20 Å². The van der Waals surface area contributed by atoms with E-state index < -0.39 is 17.7 Å². The zero-order valence-corrected chi connectivity index (χ0v) is 27.8. The molecule has 17 nitrogen and oxygen atoms in total. The van der Waals surface area contributed by atoms with Crippen LogP contribution in [0.1, 0.15) is 37.6 Å². The van der Waals surface area contributed by atoms with E-state index in [0.717, 1.165) is 0 Å². The van der Waals surface area contributed by atoms with Gasteiger partial charge in [-0.3, -0.25) is 15.0 Å². The highest BCUT2D eigenvalue weighted by Crippen LogP contribution is 2.07. The van der Waals surface area contributed by atoms with Crippen LogP contribution in [-0.4, -0.2) is 146 Å². The van der Waals surface area contributed by atoms with Crippen LogP contribution in [-0.2, 0) is 47.4 Å². The normalized spacial score (nSPS) is 11.3. The highest BCUT2D eigenvalue weighted by Gasteiger charge is 2.16. The van der Waals surface area contributed by atoms with E-state index in [9.17, 15) is 14.4 Å². The second-order valence-corrected chi connectivity index (χ2v) is 10.5. The third-order valence-electron chi connectivity index (χ3n) is 5.31. The molecular formula is C30H52N4O13. The number of ether oxygens (including phenoxy) is 9. The van der Waals surface area contributed by atoms with E-state index in [1.807, 2.05) is 0 Å². The lowest BCUT2D eigenvalue weighted by Gasteiger charge is -2.19. The molecule has 47 heavy (non-hydrogen) atoms. The molecule has 0 saturated carbocycles. The molecular weight excluding hydrogens is 624 g/mol. The maximum Gasteiger partial charge on any atom is 0.426 e. The van der Waals surface area contributed by atoms with Crippen LogP contribution < -0.4 is 16.2 Å². The zero-order chi connectivity index (χ0) is 34.4. The van der Waals surface area contributed by atoms with Crippen LogP contribution in [0.4, 0.5) is 10.6 Å². The summed E-state index contributed by atoms with van der Waals surface area (Å²) in [4.78, 5) is 38.3. The van der Waals surface area contributed by atoms with Gasteiger partial charge in [-0.15, -0.1) is 0 Å². The quantitative estimate of drug-likeness (QED) is 0.0669. The summed E-state index contributed by atoms with van der Waals surface area (Å²) >= 11 is 0. The minimum absolute atomic E-state index is 0.0124. The minimum atomic E-state index is -0.883. The molecule has 1 aromatic rings. The van der Waals surface area contributed by atoms with Gasteiger partial charge < -0.3 is 53.1 Å². The van der Waals surface area contributed by atoms with E-state index in [-0.39, 0.29) is 18.9 Å². The van der Waals surface area contributed by atoms with Crippen molar-refractivity contribution in [3.63, 3.8) is 0 Å². The Hall–Kier alpha value is -3.16. The Morgan fingerprint density at radius 3 is 1.47 bits per heavy atom. The van der Waals surface area contributed by atoms with Crippen molar-refractivity contribution in [2.24, 2.45) is 0 Å². The van der Waals surface area contributed by atoms with Crippen molar-refractivity contribution >= 4 is 23.8 Å². The zero-order valence-electron chi connectivity index (χ0n) is 27.8. The summed E-state index contributed by atoms with van der Waals surface area (Å²) in [5.41, 5.74) is 4.74. The fourth-order valence-electron chi connectivity index (χ4n) is 3.16. The van der Waals surface area contributed by atoms with Crippen molar-refractivity contribution in [3.05, 3.63) is 23.9 Å². The molecule has 0 bridgehead atoms. The number of hydrogen-bond acceptors (Lipinski definition) is 14. The second-order valence-electron chi connectivity index (χ2n) is 10.5. The number of nitrogens with one attached hydrogen (secondary N) is 3. The maximum absolute atomic E-state index is 12.2. The summed E-state index contributed by atoms with van der Waals surface area (Å²) in [5.74, 6) is -0.823. The molecule has 2 amide bonds. The van der Waals surface area contributed by atoms with E-state index in [2.05, 4.69) is 21.2 Å². The number of carbonyl (C=O) groups is 3. The summed E-state index contributed by atoms with van der Waals surface area (Å²) in [5, 5.41) is 11.2. The molecule has 0 aliphatic rings. The Kier molecular flexibility index (Phi) is 24.9. The monoisotopic (exact) mass is 676 g/mol. The standard InChI is InChI=1S/C30H52N4O13/c1-30(2,3)47-29(38)34-33-26-5-4-25(24-32-26)28(37)31-7-9-40-11-13-42-15-17-44-19-21-46-23-22-45-20-18-43-16-14-41-12-10-39-8-6-27(35)36/h4-5,24H,6-23H2,1-3H3,(H,31,37)(H,32,33)(H,34,38)(H,35,36). The predicted octanol–water partition coefficient (Wildman–Crippen LogP) is 1.27. The van der Waals surface area contributed by atoms with Crippen molar-refractivity contribution in [1.29, 1.82) is 0 Å². The summed E-state index contributed by atoms with van der Waals surface area (Å²) in [6.45, 7) is 12.1. The van der Waals surface area contributed by atoms with Gasteiger partial charge >= 0.3 is 12.1 Å². The van der Waals surface area contributed by atoms with Gasteiger partial charge in [0.15, 0.2) is 0 Å². The number of anilines is 1. The summed E-state index contributed by atoms with van der Waals surface area (Å²) < 4.78 is 48.1. The van der Waals surface area contributed by atoms with Crippen molar-refractivity contribution in [2.75, 3.05) is 118 Å². The van der Waals surface area contributed by atoms with Crippen LogP contribution in [0.15, 0.2) is 18.3 Å². The maximum atomic E-state index is 12.2. The van der Waals surface area contributed by atoms with Crippen LogP contribution in [0.25, 0.3) is 0 Å². The summed E-state index contributed by atoms with van der Waals surface area (Å²) in [7, 11) is 0. The number of hydrazine groups is 1. The number of hydrogen-bond donors (Lipinski definition) is 4. The summed E-state index contributed by atoms with van der Waals surface area (Å²) in [6, 6.07) is 3.14. The SMILES string of the molecule is CC(C)(C)OC(=O)NNc1ccc(C(=O)NCCOCCOCCOCCOCCOCCOCCOCCOCCC(=O)O)cn1. The molecule has 0 aliphatic carbocycles. The van der Waals surface area contributed by atoms with Crippen LogP contribution in [0.2, 0.25) is 0 Å². The van der Waals surface area contributed by atoms with Crippen molar-refractivity contribution < 1.29 is 62.1 Å². The lowest BCUT2D eigenvalue weighted by atomic mass is 10.2. The molecule has 270 valence electrons. The second kappa shape index (κ2) is 27.9.